The van der Waals surface area contributed by atoms with Gasteiger partial charge in [0.25, 0.3) is 0 Å². The Bertz CT molecular complexity index is 392. The summed E-state index contributed by atoms with van der Waals surface area (Å²) in [6.07, 6.45) is 1.74. The zero-order valence-corrected chi connectivity index (χ0v) is 10.5. The van der Waals surface area contributed by atoms with Gasteiger partial charge < -0.3 is 10.0 Å². The lowest BCUT2D eigenvalue weighted by Crippen LogP contribution is -2.34. The predicted octanol–water partition coefficient (Wildman–Crippen LogP) is 3.12. The molecule has 1 heterocycles. The smallest absolute Gasteiger partial charge is 0.146 e. The molecule has 0 bridgehead atoms. The van der Waals surface area contributed by atoms with Gasteiger partial charge in [0.15, 0.2) is 0 Å². The third-order valence-electron chi connectivity index (χ3n) is 3.45. The molecule has 94 valence electrons. The molecule has 0 saturated carbocycles. The van der Waals surface area contributed by atoms with Gasteiger partial charge in [0.1, 0.15) is 5.82 Å². The van der Waals surface area contributed by atoms with Crippen LogP contribution in [0.2, 0.25) is 0 Å². The Balaban J connectivity index is 2.21. The molecule has 1 saturated heterocycles. The molecule has 2 rings (SSSR count). The highest BCUT2D eigenvalue weighted by Crippen LogP contribution is 2.27. The van der Waals surface area contributed by atoms with Crippen molar-refractivity contribution in [2.45, 2.75) is 32.8 Å². The Labute approximate surface area is 102 Å². The van der Waals surface area contributed by atoms with Gasteiger partial charge in [0.2, 0.25) is 0 Å². The number of piperidine rings is 1. The van der Waals surface area contributed by atoms with Crippen LogP contribution in [0.25, 0.3) is 0 Å². The van der Waals surface area contributed by atoms with Crippen molar-refractivity contribution in [2.24, 2.45) is 5.92 Å². The van der Waals surface area contributed by atoms with Crippen molar-refractivity contribution in [1.29, 1.82) is 0 Å². The molecule has 0 unspecified atom stereocenters. The van der Waals surface area contributed by atoms with Crippen molar-refractivity contribution >= 4 is 5.69 Å². The summed E-state index contributed by atoms with van der Waals surface area (Å²) >= 11 is 0. The van der Waals surface area contributed by atoms with Crippen LogP contribution in [0.5, 0.6) is 0 Å². The SMILES string of the molecule is C[C@@H]1CCCN(c2ccc([C@@H](C)O)cc2F)C1. The standard InChI is InChI=1S/C14H20FNO/c1-10-4-3-7-16(9-10)14-6-5-12(11(2)17)8-13(14)15/h5-6,8,10-11,17H,3-4,7,9H2,1-2H3/t10-,11-/m1/s1. The molecule has 2 atom stereocenters. The van der Waals surface area contributed by atoms with E-state index >= 15 is 0 Å². The number of benzene rings is 1. The topological polar surface area (TPSA) is 23.5 Å². The highest BCUT2D eigenvalue weighted by molar-refractivity contribution is 5.49. The van der Waals surface area contributed by atoms with Crippen molar-refractivity contribution in [3.05, 3.63) is 29.6 Å². The van der Waals surface area contributed by atoms with Gasteiger partial charge in [-0.1, -0.05) is 13.0 Å². The number of hydrogen-bond donors (Lipinski definition) is 1. The maximum atomic E-state index is 14.0. The van der Waals surface area contributed by atoms with E-state index in [9.17, 15) is 9.50 Å². The first kappa shape index (κ1) is 12.4. The summed E-state index contributed by atoms with van der Waals surface area (Å²) in [5.41, 5.74) is 1.30. The van der Waals surface area contributed by atoms with Crippen molar-refractivity contribution in [1.82, 2.24) is 0 Å². The van der Waals surface area contributed by atoms with Gasteiger partial charge in [-0.2, -0.15) is 0 Å². The van der Waals surface area contributed by atoms with Gasteiger partial charge >= 0.3 is 0 Å². The number of aliphatic hydroxyl groups excluding tert-OH is 1. The van der Waals surface area contributed by atoms with E-state index in [1.165, 1.54) is 12.5 Å². The van der Waals surface area contributed by atoms with E-state index < -0.39 is 6.10 Å². The lowest BCUT2D eigenvalue weighted by Gasteiger charge is -2.33. The number of nitrogens with zero attached hydrogens (tertiary/aromatic N) is 1. The van der Waals surface area contributed by atoms with Gasteiger partial charge in [0, 0.05) is 13.1 Å². The minimum Gasteiger partial charge on any atom is -0.389 e. The number of anilines is 1. The van der Waals surface area contributed by atoms with Crippen molar-refractivity contribution in [2.75, 3.05) is 18.0 Å². The van der Waals surface area contributed by atoms with E-state index in [1.54, 1.807) is 13.0 Å². The molecule has 0 spiro atoms. The minimum atomic E-state index is -0.612. The third-order valence-corrected chi connectivity index (χ3v) is 3.45. The molecule has 3 heteroatoms. The van der Waals surface area contributed by atoms with Crippen LogP contribution in [-0.4, -0.2) is 18.2 Å². The Morgan fingerprint density at radius 2 is 2.24 bits per heavy atom. The molecule has 0 aliphatic carbocycles. The molecule has 1 fully saturated rings. The van der Waals surface area contributed by atoms with Crippen molar-refractivity contribution < 1.29 is 9.50 Å². The summed E-state index contributed by atoms with van der Waals surface area (Å²) in [7, 11) is 0. The summed E-state index contributed by atoms with van der Waals surface area (Å²) in [6, 6.07) is 5.04. The molecule has 1 aliphatic heterocycles. The Morgan fingerprint density at radius 1 is 1.47 bits per heavy atom. The molecular weight excluding hydrogens is 217 g/mol. The molecule has 2 nitrogen and oxygen atoms in total. The van der Waals surface area contributed by atoms with E-state index in [0.717, 1.165) is 19.5 Å². The molecule has 1 aliphatic rings. The molecule has 1 aromatic rings. The van der Waals surface area contributed by atoms with Crippen molar-refractivity contribution in [3.8, 4) is 0 Å². The highest BCUT2D eigenvalue weighted by Gasteiger charge is 2.19. The Kier molecular flexibility index (Phi) is 3.67. The van der Waals surface area contributed by atoms with Crippen LogP contribution in [0.4, 0.5) is 10.1 Å². The molecule has 1 aromatic carbocycles. The Hall–Kier alpha value is -1.09. The average Bonchev–Trinajstić information content (AvgIpc) is 2.28. The fraction of sp³-hybridized carbons (Fsp3) is 0.571. The highest BCUT2D eigenvalue weighted by atomic mass is 19.1. The zero-order valence-electron chi connectivity index (χ0n) is 10.5. The van der Waals surface area contributed by atoms with Crippen LogP contribution >= 0.6 is 0 Å². The normalized spacial score (nSPS) is 22.6. The quantitative estimate of drug-likeness (QED) is 0.854. The third kappa shape index (κ3) is 2.78. The molecule has 0 aromatic heterocycles. The van der Waals surface area contributed by atoms with Crippen molar-refractivity contribution in [3.63, 3.8) is 0 Å². The lowest BCUT2D eigenvalue weighted by molar-refractivity contribution is 0.199. The minimum absolute atomic E-state index is 0.225. The summed E-state index contributed by atoms with van der Waals surface area (Å²) < 4.78 is 14.0. The van der Waals surface area contributed by atoms with Crippen LogP contribution in [0.1, 0.15) is 38.4 Å². The molecule has 1 N–H and O–H groups in total. The van der Waals surface area contributed by atoms with Gasteiger partial charge in [-0.05, 0) is 43.4 Å². The van der Waals surface area contributed by atoms with E-state index in [-0.39, 0.29) is 5.82 Å². The zero-order chi connectivity index (χ0) is 12.4. The first-order valence-corrected chi connectivity index (χ1v) is 6.30. The van der Waals surface area contributed by atoms with E-state index in [4.69, 9.17) is 0 Å². The van der Waals surface area contributed by atoms with Gasteiger partial charge in [-0.3, -0.25) is 0 Å². The number of halogens is 1. The molecular formula is C14H20FNO. The number of rotatable bonds is 2. The monoisotopic (exact) mass is 237 g/mol. The van der Waals surface area contributed by atoms with E-state index in [0.29, 0.717) is 17.2 Å². The van der Waals surface area contributed by atoms with Crippen LogP contribution in [0.3, 0.4) is 0 Å². The van der Waals surface area contributed by atoms with Crippen LogP contribution < -0.4 is 4.90 Å². The Morgan fingerprint density at radius 3 is 2.82 bits per heavy atom. The van der Waals surface area contributed by atoms with Gasteiger partial charge in [-0.15, -0.1) is 0 Å². The van der Waals surface area contributed by atoms with Crippen LogP contribution in [-0.2, 0) is 0 Å². The van der Waals surface area contributed by atoms with Gasteiger partial charge in [0.05, 0.1) is 11.8 Å². The fourth-order valence-electron chi connectivity index (χ4n) is 2.45. The lowest BCUT2D eigenvalue weighted by atomic mass is 9.99. The van der Waals surface area contributed by atoms with Crippen LogP contribution in [0.15, 0.2) is 18.2 Å². The van der Waals surface area contributed by atoms with Gasteiger partial charge in [-0.25, -0.2) is 4.39 Å². The summed E-state index contributed by atoms with van der Waals surface area (Å²) in [4.78, 5) is 2.11. The second-order valence-electron chi connectivity index (χ2n) is 5.08. The second kappa shape index (κ2) is 5.05. The summed E-state index contributed by atoms with van der Waals surface area (Å²) in [5, 5.41) is 9.41. The number of aliphatic hydroxyl groups is 1. The summed E-state index contributed by atoms with van der Waals surface area (Å²) in [5.74, 6) is 0.400. The van der Waals surface area contributed by atoms with E-state index in [2.05, 4.69) is 11.8 Å². The average molecular weight is 237 g/mol. The second-order valence-corrected chi connectivity index (χ2v) is 5.08. The maximum absolute atomic E-state index is 14.0. The first-order chi connectivity index (χ1) is 8.08. The van der Waals surface area contributed by atoms with Crippen LogP contribution in [0, 0.1) is 11.7 Å². The summed E-state index contributed by atoms with van der Waals surface area (Å²) in [6.45, 7) is 5.70. The first-order valence-electron chi connectivity index (χ1n) is 6.30. The molecule has 0 radical (unpaired) electrons. The molecule has 0 amide bonds. The number of hydrogen-bond acceptors (Lipinski definition) is 2. The molecule has 17 heavy (non-hydrogen) atoms. The van der Waals surface area contributed by atoms with E-state index in [1.807, 2.05) is 6.07 Å². The largest absolute Gasteiger partial charge is 0.389 e. The maximum Gasteiger partial charge on any atom is 0.146 e. The predicted molar refractivity (Wildman–Crippen MR) is 67.6 cm³/mol. The fourth-order valence-corrected chi connectivity index (χ4v) is 2.45.